The van der Waals surface area contributed by atoms with Crippen LogP contribution in [0.2, 0.25) is 0 Å². The summed E-state index contributed by atoms with van der Waals surface area (Å²) in [5.74, 6) is 0.651. The van der Waals surface area contributed by atoms with Crippen molar-refractivity contribution in [2.24, 2.45) is 5.41 Å². The van der Waals surface area contributed by atoms with Crippen LogP contribution in [0.15, 0.2) is 0 Å². The van der Waals surface area contributed by atoms with Gasteiger partial charge in [-0.3, -0.25) is 4.21 Å². The zero-order chi connectivity index (χ0) is 14.6. The third kappa shape index (κ3) is 3.95. The number of nitrogens with one attached hydrogen (secondary N) is 2. The number of carbonyl (C=O) groups excluding carboxylic acids is 1. The van der Waals surface area contributed by atoms with Crippen molar-refractivity contribution in [2.75, 3.05) is 18.9 Å². The fourth-order valence-electron chi connectivity index (χ4n) is 2.85. The van der Waals surface area contributed by atoms with Gasteiger partial charge in [0.2, 0.25) is 0 Å². The molecular formula is C14H26N2O3S. The molecule has 2 fully saturated rings. The predicted molar refractivity (Wildman–Crippen MR) is 80.0 cm³/mol. The number of hydrogen-bond donors (Lipinski definition) is 3. The largest absolute Gasteiger partial charge is 0.396 e. The Labute approximate surface area is 123 Å². The molecule has 3 N–H and O–H groups in total. The molecule has 0 spiro atoms. The van der Waals surface area contributed by atoms with Crippen molar-refractivity contribution in [1.29, 1.82) is 0 Å². The number of aliphatic hydroxyl groups is 1. The molecule has 0 saturated heterocycles. The minimum Gasteiger partial charge on any atom is -0.396 e. The molecule has 0 aromatic carbocycles. The third-order valence-corrected chi connectivity index (χ3v) is 6.37. The Morgan fingerprint density at radius 1 is 1.35 bits per heavy atom. The van der Waals surface area contributed by atoms with Gasteiger partial charge in [0.05, 0.1) is 11.9 Å². The Kier molecular flexibility index (Phi) is 5.43. The second-order valence-electron chi connectivity index (χ2n) is 6.08. The summed E-state index contributed by atoms with van der Waals surface area (Å²) < 4.78 is 12.0. The summed E-state index contributed by atoms with van der Waals surface area (Å²) in [6, 6.07) is -0.163. The van der Waals surface area contributed by atoms with Crippen LogP contribution in [0.4, 0.5) is 4.79 Å². The maximum absolute atomic E-state index is 12.0. The summed E-state index contributed by atoms with van der Waals surface area (Å²) >= 11 is 0. The van der Waals surface area contributed by atoms with E-state index >= 15 is 0 Å². The zero-order valence-corrected chi connectivity index (χ0v) is 13.0. The van der Waals surface area contributed by atoms with Gasteiger partial charge in [0.1, 0.15) is 0 Å². The molecule has 3 unspecified atom stereocenters. The number of rotatable bonds is 6. The average molecular weight is 302 g/mol. The highest BCUT2D eigenvalue weighted by Crippen LogP contribution is 2.44. The van der Waals surface area contributed by atoms with Crippen LogP contribution in [0.5, 0.6) is 0 Å². The van der Waals surface area contributed by atoms with E-state index in [0.29, 0.717) is 12.3 Å². The van der Waals surface area contributed by atoms with E-state index in [0.717, 1.165) is 38.5 Å². The Hall–Kier alpha value is -0.620. The molecule has 0 radical (unpaired) electrons. The lowest BCUT2D eigenvalue weighted by atomic mass is 9.95. The van der Waals surface area contributed by atoms with Crippen LogP contribution >= 0.6 is 0 Å². The lowest BCUT2D eigenvalue weighted by molar-refractivity contribution is 0.201. The highest BCUT2D eigenvalue weighted by Gasteiger charge is 2.42. The molecule has 0 bridgehead atoms. The van der Waals surface area contributed by atoms with Crippen LogP contribution in [0, 0.1) is 5.41 Å². The molecule has 2 rings (SSSR count). The summed E-state index contributed by atoms with van der Waals surface area (Å²) in [4.78, 5) is 12.0. The van der Waals surface area contributed by atoms with Crippen molar-refractivity contribution in [2.45, 2.75) is 56.7 Å². The van der Waals surface area contributed by atoms with E-state index in [9.17, 15) is 14.1 Å². The molecule has 0 aliphatic heterocycles. The van der Waals surface area contributed by atoms with Crippen molar-refractivity contribution in [3.8, 4) is 0 Å². The summed E-state index contributed by atoms with van der Waals surface area (Å²) in [6.07, 6.45) is 6.00. The first-order valence-corrected chi connectivity index (χ1v) is 9.01. The molecule has 2 amide bonds. The highest BCUT2D eigenvalue weighted by molar-refractivity contribution is 7.85. The van der Waals surface area contributed by atoms with Gasteiger partial charge in [-0.15, -0.1) is 0 Å². The Balaban J connectivity index is 1.80. The van der Waals surface area contributed by atoms with E-state index in [1.165, 1.54) is 0 Å². The Morgan fingerprint density at radius 2 is 2.05 bits per heavy atom. The van der Waals surface area contributed by atoms with E-state index in [1.807, 2.05) is 6.92 Å². The zero-order valence-electron chi connectivity index (χ0n) is 12.2. The minimum atomic E-state index is -0.853. The number of amides is 2. The van der Waals surface area contributed by atoms with E-state index in [-0.39, 0.29) is 29.3 Å². The van der Waals surface area contributed by atoms with Crippen LogP contribution in [0.25, 0.3) is 0 Å². The first kappa shape index (κ1) is 15.8. The molecular weight excluding hydrogens is 276 g/mol. The van der Waals surface area contributed by atoms with Gasteiger partial charge in [-0.2, -0.15) is 0 Å². The minimum absolute atomic E-state index is 0.0220. The standard InChI is InChI=1S/C14H26N2O3S/c1-2-20(19)12-6-4-3-5-11(12)16-13(18)15-9-14(10-17)7-8-14/h11-12,17H,2-10H2,1H3,(H2,15,16,18). The van der Waals surface area contributed by atoms with Gasteiger partial charge in [-0.25, -0.2) is 4.79 Å². The van der Waals surface area contributed by atoms with Gasteiger partial charge >= 0.3 is 6.03 Å². The SMILES string of the molecule is CCS(=O)C1CCCCC1NC(=O)NCC1(CO)CC1. The molecule has 3 atom stereocenters. The fraction of sp³-hybridized carbons (Fsp3) is 0.929. The van der Waals surface area contributed by atoms with Gasteiger partial charge in [0.25, 0.3) is 0 Å². The van der Waals surface area contributed by atoms with E-state index < -0.39 is 10.8 Å². The second-order valence-corrected chi connectivity index (χ2v) is 8.03. The second kappa shape index (κ2) is 6.89. The van der Waals surface area contributed by atoms with Gasteiger partial charge in [-0.05, 0) is 25.7 Å². The maximum atomic E-state index is 12.0. The van der Waals surface area contributed by atoms with Crippen LogP contribution in [0.3, 0.4) is 0 Å². The molecule has 6 heteroatoms. The van der Waals surface area contributed by atoms with Crippen LogP contribution in [0.1, 0.15) is 45.4 Å². The summed E-state index contributed by atoms with van der Waals surface area (Å²) in [7, 11) is -0.853. The van der Waals surface area contributed by atoms with Crippen molar-refractivity contribution >= 4 is 16.8 Å². The van der Waals surface area contributed by atoms with Gasteiger partial charge < -0.3 is 15.7 Å². The van der Waals surface area contributed by atoms with Gasteiger partial charge in [0, 0.05) is 34.6 Å². The predicted octanol–water partition coefficient (Wildman–Crippen LogP) is 1.14. The number of carbonyl (C=O) groups is 1. The van der Waals surface area contributed by atoms with Gasteiger partial charge in [-0.1, -0.05) is 19.8 Å². The molecule has 0 aromatic rings. The van der Waals surface area contributed by atoms with Crippen molar-refractivity contribution < 1.29 is 14.1 Å². The number of hydrogen-bond acceptors (Lipinski definition) is 3. The summed E-state index contributed by atoms with van der Waals surface area (Å²) in [5, 5.41) is 15.2. The van der Waals surface area contributed by atoms with Gasteiger partial charge in [0.15, 0.2) is 0 Å². The van der Waals surface area contributed by atoms with Crippen LogP contribution in [-0.4, -0.2) is 45.5 Å². The first-order chi connectivity index (χ1) is 9.60. The Bertz CT molecular complexity index is 371. The topological polar surface area (TPSA) is 78.4 Å². The van der Waals surface area contributed by atoms with Crippen molar-refractivity contribution in [3.63, 3.8) is 0 Å². The molecule has 20 heavy (non-hydrogen) atoms. The number of urea groups is 1. The molecule has 116 valence electrons. The monoisotopic (exact) mass is 302 g/mol. The first-order valence-electron chi connectivity index (χ1n) is 7.62. The quantitative estimate of drug-likeness (QED) is 0.688. The Morgan fingerprint density at radius 3 is 2.65 bits per heavy atom. The highest BCUT2D eigenvalue weighted by atomic mass is 32.2. The maximum Gasteiger partial charge on any atom is 0.315 e. The lowest BCUT2D eigenvalue weighted by Crippen LogP contribution is -2.51. The summed E-state index contributed by atoms with van der Waals surface area (Å²) in [6.45, 7) is 2.60. The van der Waals surface area contributed by atoms with E-state index in [2.05, 4.69) is 10.6 Å². The molecule has 0 heterocycles. The lowest BCUT2D eigenvalue weighted by Gasteiger charge is -2.31. The normalized spacial score (nSPS) is 29.5. The van der Waals surface area contributed by atoms with Crippen LogP contribution in [-0.2, 0) is 10.8 Å². The molecule has 2 aliphatic rings. The van der Waals surface area contributed by atoms with Crippen LogP contribution < -0.4 is 10.6 Å². The third-order valence-electron chi connectivity index (χ3n) is 4.56. The van der Waals surface area contributed by atoms with E-state index in [1.54, 1.807) is 0 Å². The molecule has 5 nitrogen and oxygen atoms in total. The molecule has 0 aromatic heterocycles. The fourth-order valence-corrected chi connectivity index (χ4v) is 4.27. The average Bonchev–Trinajstić information content (AvgIpc) is 3.25. The molecule has 2 saturated carbocycles. The van der Waals surface area contributed by atoms with Crippen molar-refractivity contribution in [1.82, 2.24) is 10.6 Å². The van der Waals surface area contributed by atoms with Crippen molar-refractivity contribution in [3.05, 3.63) is 0 Å². The van der Waals surface area contributed by atoms with E-state index in [4.69, 9.17) is 0 Å². The summed E-state index contributed by atoms with van der Waals surface area (Å²) in [5.41, 5.74) is -0.0739. The number of aliphatic hydroxyl groups excluding tert-OH is 1. The molecule has 2 aliphatic carbocycles. The smallest absolute Gasteiger partial charge is 0.315 e.